The molecule has 2 unspecified atom stereocenters. The fourth-order valence-electron chi connectivity index (χ4n) is 11.5. The number of likely N-dealkylation sites (N-methyl/N-ethyl adjacent to an activating group) is 2. The van der Waals surface area contributed by atoms with Gasteiger partial charge in [-0.2, -0.15) is 9.97 Å². The monoisotopic (exact) mass is 1120 g/mol. The Bertz CT molecular complexity index is 2840. The number of carbonyl (C=O) groups is 4. The lowest BCUT2D eigenvalue weighted by Gasteiger charge is -2.35. The minimum absolute atomic E-state index is 0.109. The number of likely N-dealkylation sites (tertiary alicyclic amines) is 2. The van der Waals surface area contributed by atoms with E-state index in [-0.39, 0.29) is 41.4 Å². The molecule has 81 heavy (non-hydrogen) atoms. The molecule has 10 rings (SSSR count). The molecule has 6 aliphatic rings. The number of carboxylic acid groups (broad SMARTS) is 1. The first-order valence-corrected chi connectivity index (χ1v) is 28.3. The first-order chi connectivity index (χ1) is 38.8. The van der Waals surface area contributed by atoms with E-state index >= 15 is 0 Å². The Kier molecular flexibility index (Phi) is 19.6. The van der Waals surface area contributed by atoms with Gasteiger partial charge in [0.05, 0.1) is 56.6 Å². The summed E-state index contributed by atoms with van der Waals surface area (Å²) < 4.78 is 22.4. The molecule has 4 aliphatic heterocycles. The molecule has 23 nitrogen and oxygen atoms in total. The van der Waals surface area contributed by atoms with Crippen molar-refractivity contribution in [1.82, 2.24) is 35.1 Å². The van der Waals surface area contributed by atoms with Crippen molar-refractivity contribution in [1.29, 1.82) is 0 Å². The van der Waals surface area contributed by atoms with Crippen LogP contribution in [0.2, 0.25) is 0 Å². The van der Waals surface area contributed by atoms with E-state index in [1.165, 1.54) is 45.2 Å². The lowest BCUT2D eigenvalue weighted by Crippen LogP contribution is -2.53. The average molecular weight is 1120 g/mol. The SMILES string of the molecule is CN1CCC(N)CC1.COc1cc(C(=O)NC2CCN(C)CC2)ccc1Nc1ncc2c(n1)N(C1CCCC1)CC(C)(OC)C(=O)N2C.COc1cc(C(=O)O)ccc1Nc1ncc2c(n1)N(C1CCCC1)CC(C)(OC)C(=O)N2C. The fourth-order valence-corrected chi connectivity index (χ4v) is 11.5. The van der Waals surface area contributed by atoms with Crippen molar-refractivity contribution in [2.75, 3.05) is 126 Å². The van der Waals surface area contributed by atoms with Crippen molar-refractivity contribution >= 4 is 70.0 Å². The zero-order valence-corrected chi connectivity index (χ0v) is 48.9. The van der Waals surface area contributed by atoms with Gasteiger partial charge in [0.1, 0.15) is 22.9 Å². The number of anilines is 8. The molecule has 4 aromatic rings. The van der Waals surface area contributed by atoms with Crippen molar-refractivity contribution in [2.24, 2.45) is 5.73 Å². The fraction of sp³-hybridized carbons (Fsp3) is 0.586. The minimum Gasteiger partial charge on any atom is -0.495 e. The zero-order chi connectivity index (χ0) is 58.2. The number of ether oxygens (including phenoxy) is 4. The molecule has 2 aliphatic carbocycles. The van der Waals surface area contributed by atoms with Gasteiger partial charge in [-0.05, 0) is 142 Å². The molecule has 6 heterocycles. The van der Waals surface area contributed by atoms with Crippen molar-refractivity contribution < 1.29 is 43.2 Å². The van der Waals surface area contributed by atoms with Crippen LogP contribution in [-0.2, 0) is 19.1 Å². The van der Waals surface area contributed by atoms with Crippen molar-refractivity contribution in [3.63, 3.8) is 0 Å². The van der Waals surface area contributed by atoms with E-state index in [1.807, 2.05) is 13.0 Å². The summed E-state index contributed by atoms with van der Waals surface area (Å²) >= 11 is 0. The summed E-state index contributed by atoms with van der Waals surface area (Å²) in [7, 11) is 13.9. The van der Waals surface area contributed by atoms with Gasteiger partial charge in [-0.25, -0.2) is 14.8 Å². The average Bonchev–Trinajstić information content (AvgIpc) is 4.40. The van der Waals surface area contributed by atoms with Gasteiger partial charge in [-0.1, -0.05) is 25.7 Å². The van der Waals surface area contributed by atoms with Crippen LogP contribution in [0.3, 0.4) is 0 Å². The van der Waals surface area contributed by atoms with E-state index in [0.717, 1.165) is 77.3 Å². The van der Waals surface area contributed by atoms with E-state index in [1.54, 1.807) is 82.7 Å². The topological polar surface area (TPSA) is 259 Å². The Labute approximate surface area is 476 Å². The van der Waals surface area contributed by atoms with Crippen LogP contribution in [0.1, 0.15) is 112 Å². The highest BCUT2D eigenvalue weighted by molar-refractivity contribution is 6.04. The molecule has 2 saturated heterocycles. The maximum atomic E-state index is 13.4. The molecule has 3 amide bonds. The van der Waals surface area contributed by atoms with Crippen molar-refractivity contribution in [2.45, 2.75) is 126 Å². The molecular weight excluding hydrogens is 1040 g/mol. The minimum atomic E-state index is -1.04. The number of aromatic carboxylic acids is 1. The summed E-state index contributed by atoms with van der Waals surface area (Å²) in [4.78, 5) is 81.6. The molecule has 0 bridgehead atoms. The largest absolute Gasteiger partial charge is 0.495 e. The molecule has 2 saturated carbocycles. The zero-order valence-electron chi connectivity index (χ0n) is 48.9. The highest BCUT2D eigenvalue weighted by Crippen LogP contribution is 2.42. The van der Waals surface area contributed by atoms with E-state index in [4.69, 9.17) is 34.6 Å². The van der Waals surface area contributed by atoms with Gasteiger partial charge in [0, 0.05) is 58.0 Å². The molecule has 0 spiro atoms. The predicted molar refractivity (Wildman–Crippen MR) is 313 cm³/mol. The lowest BCUT2D eigenvalue weighted by atomic mass is 10.0. The van der Waals surface area contributed by atoms with Gasteiger partial charge in [0.2, 0.25) is 11.9 Å². The number of aromatic nitrogens is 4. The van der Waals surface area contributed by atoms with Gasteiger partial charge in [0.25, 0.3) is 17.7 Å². The molecule has 23 heteroatoms. The van der Waals surface area contributed by atoms with E-state index in [2.05, 4.69) is 59.6 Å². The number of carbonyl (C=O) groups excluding carboxylic acids is 3. The number of nitrogens with two attached hydrogens (primary N) is 1. The lowest BCUT2D eigenvalue weighted by molar-refractivity contribution is -0.137. The predicted octanol–water partition coefficient (Wildman–Crippen LogP) is 6.28. The third-order valence-electron chi connectivity index (χ3n) is 16.9. The molecule has 2 aromatic carbocycles. The third kappa shape index (κ3) is 13.9. The highest BCUT2D eigenvalue weighted by atomic mass is 16.5. The number of benzene rings is 2. The van der Waals surface area contributed by atoms with Crippen LogP contribution in [0.5, 0.6) is 11.5 Å². The van der Waals surface area contributed by atoms with Gasteiger partial charge < -0.3 is 75.1 Å². The summed E-state index contributed by atoms with van der Waals surface area (Å²) in [5.41, 5.74) is 6.76. The molecule has 4 fully saturated rings. The second-order valence-electron chi connectivity index (χ2n) is 22.6. The number of nitrogens with one attached hydrogen (secondary N) is 3. The molecule has 0 radical (unpaired) electrons. The summed E-state index contributed by atoms with van der Waals surface area (Å²) in [6.45, 7) is 8.75. The maximum Gasteiger partial charge on any atom is 0.335 e. The summed E-state index contributed by atoms with van der Waals surface area (Å²) in [5, 5.41) is 18.8. The molecule has 2 atom stereocenters. The standard InChI is InChI=1S/C29H41N7O4.C23H29N5O5.C6H14N2/c1-29(40-5)18-36(21-8-6-7-9-21)25-23(35(3)27(29)38)17-30-28(33-25)32-22-11-10-19(16-24(22)39-4)26(37)31-20-12-14-34(2)15-13-20;1-23(33-4)13-28(15-7-5-6-8-15)19-17(27(2)21(23)31)12-24-22(26-19)25-16-10-9-14(20(29)30)11-18(16)32-3;1-8-4-2-6(7)3-5-8/h10-11,16-17,20-21H,6-9,12-15,18H2,1-5H3,(H,31,37)(H,30,32,33);9-12,15H,5-8,13H2,1-4H3,(H,29,30)(H,24,25,26);6H,2-5,7H2,1H3. The quantitative estimate of drug-likeness (QED) is 0.0987. The van der Waals surface area contributed by atoms with E-state index < -0.39 is 17.2 Å². The Morgan fingerprint density at radius 1 is 0.617 bits per heavy atom. The first-order valence-electron chi connectivity index (χ1n) is 28.3. The molecular formula is C58H84N14O9. The van der Waals surface area contributed by atoms with Crippen LogP contribution >= 0.6 is 0 Å². The molecule has 2 aromatic heterocycles. The number of amides is 3. The van der Waals surface area contributed by atoms with Crippen LogP contribution < -0.4 is 50.8 Å². The van der Waals surface area contributed by atoms with Crippen molar-refractivity contribution in [3.05, 3.63) is 59.9 Å². The summed E-state index contributed by atoms with van der Waals surface area (Å²) in [5.74, 6) is 1.52. The Morgan fingerprint density at radius 3 is 1.42 bits per heavy atom. The second kappa shape index (κ2) is 26.3. The number of hydrogen-bond donors (Lipinski definition) is 5. The second-order valence-corrected chi connectivity index (χ2v) is 22.6. The van der Waals surface area contributed by atoms with Crippen LogP contribution in [0.25, 0.3) is 0 Å². The smallest absolute Gasteiger partial charge is 0.335 e. The number of carboxylic acids is 1. The Morgan fingerprint density at radius 2 is 1.02 bits per heavy atom. The number of piperidine rings is 2. The number of hydrogen-bond acceptors (Lipinski definition) is 19. The molecule has 440 valence electrons. The van der Waals surface area contributed by atoms with Crippen LogP contribution in [0.15, 0.2) is 48.8 Å². The van der Waals surface area contributed by atoms with Crippen LogP contribution in [-0.4, -0.2) is 190 Å². The number of nitrogens with zero attached hydrogens (tertiary/aromatic N) is 10. The Balaban J connectivity index is 0.000000189. The van der Waals surface area contributed by atoms with Crippen LogP contribution in [0, 0.1) is 0 Å². The maximum absolute atomic E-state index is 13.4. The normalized spacial score (nSPS) is 22.4. The van der Waals surface area contributed by atoms with Gasteiger partial charge >= 0.3 is 5.97 Å². The number of methoxy groups -OCH3 is 4. The summed E-state index contributed by atoms with van der Waals surface area (Å²) in [6, 6.07) is 11.0. The van der Waals surface area contributed by atoms with E-state index in [9.17, 15) is 24.3 Å². The molecule has 6 N–H and O–H groups in total. The highest BCUT2D eigenvalue weighted by Gasteiger charge is 2.46. The number of fused-ring (bicyclic) bond motifs is 2. The van der Waals surface area contributed by atoms with Crippen LogP contribution in [0.4, 0.5) is 46.3 Å². The van der Waals surface area contributed by atoms with Gasteiger partial charge in [-0.15, -0.1) is 0 Å². The van der Waals surface area contributed by atoms with Crippen molar-refractivity contribution in [3.8, 4) is 11.5 Å². The van der Waals surface area contributed by atoms with Gasteiger partial charge in [0.15, 0.2) is 22.8 Å². The van der Waals surface area contributed by atoms with Gasteiger partial charge in [-0.3, -0.25) is 14.4 Å². The third-order valence-corrected chi connectivity index (χ3v) is 16.9. The Hall–Kier alpha value is -6.92. The van der Waals surface area contributed by atoms with E-state index in [0.29, 0.717) is 82.5 Å². The first kappa shape index (κ1) is 60.2. The summed E-state index contributed by atoms with van der Waals surface area (Å²) in [6.07, 6.45) is 16.2. The number of rotatable bonds is 13.